The third-order valence-electron chi connectivity index (χ3n) is 3.26. The number of methoxy groups -OCH3 is 1. The molecule has 0 saturated heterocycles. The van der Waals surface area contributed by atoms with E-state index in [0.717, 1.165) is 27.2 Å². The lowest BCUT2D eigenvalue weighted by atomic mass is 10.1. The molecular formula is C15H13BrN2O2. The predicted octanol–water partition coefficient (Wildman–Crippen LogP) is 3.56. The fraction of sp³-hybridized carbons (Fsp3) is 0.133. The Morgan fingerprint density at radius 2 is 1.95 bits per heavy atom. The zero-order chi connectivity index (χ0) is 14.1. The van der Waals surface area contributed by atoms with E-state index in [1.165, 1.54) is 0 Å². The first kappa shape index (κ1) is 13.0. The van der Waals surface area contributed by atoms with Crippen molar-refractivity contribution in [1.82, 2.24) is 0 Å². The second-order valence-electron chi connectivity index (χ2n) is 4.50. The smallest absolute Gasteiger partial charge is 0.251 e. The lowest BCUT2D eigenvalue weighted by Crippen LogP contribution is -2.19. The van der Waals surface area contributed by atoms with Gasteiger partial charge in [0, 0.05) is 21.4 Å². The van der Waals surface area contributed by atoms with Crippen LogP contribution < -0.4 is 15.4 Å². The standard InChI is InChI=1S/C15H13BrN2O2/c1-20-10-7-5-9(6-8-10)17-14-13-11(16)3-2-4-12(13)18-15(14)19/h2-8,14,17H,1H3,(H,18,19). The number of hydrogen-bond donors (Lipinski definition) is 2. The molecule has 0 radical (unpaired) electrons. The Labute approximate surface area is 125 Å². The van der Waals surface area contributed by atoms with Gasteiger partial charge >= 0.3 is 0 Å². The maximum Gasteiger partial charge on any atom is 0.251 e. The van der Waals surface area contributed by atoms with E-state index in [-0.39, 0.29) is 5.91 Å². The van der Waals surface area contributed by atoms with Crippen molar-refractivity contribution in [3.8, 4) is 5.75 Å². The van der Waals surface area contributed by atoms with E-state index in [1.807, 2.05) is 42.5 Å². The molecule has 1 heterocycles. The summed E-state index contributed by atoms with van der Waals surface area (Å²) in [6.07, 6.45) is 0. The molecule has 0 spiro atoms. The summed E-state index contributed by atoms with van der Waals surface area (Å²) in [5, 5.41) is 6.12. The molecule has 1 aliphatic rings. The van der Waals surface area contributed by atoms with Crippen LogP contribution in [-0.4, -0.2) is 13.0 Å². The van der Waals surface area contributed by atoms with E-state index in [0.29, 0.717) is 0 Å². The van der Waals surface area contributed by atoms with E-state index in [4.69, 9.17) is 4.74 Å². The third kappa shape index (κ3) is 2.25. The quantitative estimate of drug-likeness (QED) is 0.903. The number of halogens is 1. The van der Waals surface area contributed by atoms with Crippen LogP contribution in [0.1, 0.15) is 11.6 Å². The molecule has 1 atom stereocenters. The number of carbonyl (C=O) groups excluding carboxylic acids is 1. The molecule has 5 heteroatoms. The molecule has 0 aromatic heterocycles. The Balaban J connectivity index is 1.89. The SMILES string of the molecule is COc1ccc(NC2C(=O)Nc3cccc(Br)c32)cc1. The van der Waals surface area contributed by atoms with Crippen LogP contribution in [0.25, 0.3) is 0 Å². The molecule has 0 saturated carbocycles. The van der Waals surface area contributed by atoms with Crippen molar-refractivity contribution in [2.24, 2.45) is 0 Å². The summed E-state index contributed by atoms with van der Waals surface area (Å²) in [6.45, 7) is 0. The Bertz CT molecular complexity index is 655. The predicted molar refractivity (Wildman–Crippen MR) is 82.1 cm³/mol. The zero-order valence-corrected chi connectivity index (χ0v) is 12.4. The number of ether oxygens (including phenoxy) is 1. The average molecular weight is 333 g/mol. The van der Waals surface area contributed by atoms with Gasteiger partial charge in [0.15, 0.2) is 0 Å². The molecule has 2 aromatic carbocycles. The molecule has 2 N–H and O–H groups in total. The number of amides is 1. The maximum absolute atomic E-state index is 12.1. The molecule has 4 nitrogen and oxygen atoms in total. The van der Waals surface area contributed by atoms with Crippen molar-refractivity contribution >= 4 is 33.2 Å². The summed E-state index contributed by atoms with van der Waals surface area (Å²) in [5.41, 5.74) is 2.65. The van der Waals surface area contributed by atoms with E-state index >= 15 is 0 Å². The van der Waals surface area contributed by atoms with Gasteiger partial charge in [-0.2, -0.15) is 0 Å². The monoisotopic (exact) mass is 332 g/mol. The highest BCUT2D eigenvalue weighted by Crippen LogP contribution is 2.38. The highest BCUT2D eigenvalue weighted by Gasteiger charge is 2.32. The van der Waals surface area contributed by atoms with Gasteiger partial charge in [-0.25, -0.2) is 0 Å². The van der Waals surface area contributed by atoms with Crippen LogP contribution in [0.3, 0.4) is 0 Å². The van der Waals surface area contributed by atoms with E-state index in [9.17, 15) is 4.79 Å². The van der Waals surface area contributed by atoms with Crippen LogP contribution in [0.4, 0.5) is 11.4 Å². The van der Waals surface area contributed by atoms with Gasteiger partial charge in [0.05, 0.1) is 7.11 Å². The number of benzene rings is 2. The first-order valence-corrected chi connectivity index (χ1v) is 6.98. The summed E-state index contributed by atoms with van der Waals surface area (Å²) in [6, 6.07) is 12.8. The first-order valence-electron chi connectivity index (χ1n) is 6.19. The Morgan fingerprint density at radius 3 is 2.65 bits per heavy atom. The molecule has 20 heavy (non-hydrogen) atoms. The van der Waals surface area contributed by atoms with E-state index in [2.05, 4.69) is 26.6 Å². The molecule has 0 bridgehead atoms. The fourth-order valence-corrected chi connectivity index (χ4v) is 2.86. The zero-order valence-electron chi connectivity index (χ0n) is 10.8. The number of rotatable bonds is 3. The van der Waals surface area contributed by atoms with Gasteiger partial charge in [-0.1, -0.05) is 22.0 Å². The van der Waals surface area contributed by atoms with Crippen molar-refractivity contribution in [3.05, 3.63) is 52.5 Å². The summed E-state index contributed by atoms with van der Waals surface area (Å²) >= 11 is 3.50. The minimum absolute atomic E-state index is 0.0530. The van der Waals surface area contributed by atoms with Gasteiger partial charge in [0.25, 0.3) is 5.91 Å². The molecule has 102 valence electrons. The second kappa shape index (κ2) is 5.17. The molecule has 3 rings (SSSR count). The van der Waals surface area contributed by atoms with Crippen LogP contribution in [0.5, 0.6) is 5.75 Å². The third-order valence-corrected chi connectivity index (χ3v) is 3.95. The van der Waals surface area contributed by atoms with E-state index < -0.39 is 6.04 Å². The molecule has 0 fully saturated rings. The van der Waals surface area contributed by atoms with Gasteiger partial charge in [-0.3, -0.25) is 4.79 Å². The summed E-state index contributed by atoms with van der Waals surface area (Å²) in [4.78, 5) is 12.1. The van der Waals surface area contributed by atoms with Crippen LogP contribution in [0.2, 0.25) is 0 Å². The average Bonchev–Trinajstić information content (AvgIpc) is 2.77. The molecular weight excluding hydrogens is 320 g/mol. The summed E-state index contributed by atoms with van der Waals surface area (Å²) in [5.74, 6) is 0.732. The van der Waals surface area contributed by atoms with Gasteiger partial charge in [0.2, 0.25) is 0 Å². The van der Waals surface area contributed by atoms with Gasteiger partial charge < -0.3 is 15.4 Å². The number of nitrogens with one attached hydrogen (secondary N) is 2. The van der Waals surface area contributed by atoms with Crippen molar-refractivity contribution in [1.29, 1.82) is 0 Å². The van der Waals surface area contributed by atoms with Gasteiger partial charge in [0.1, 0.15) is 11.8 Å². The normalized spacial score (nSPS) is 16.5. The van der Waals surface area contributed by atoms with Crippen molar-refractivity contribution in [3.63, 3.8) is 0 Å². The molecule has 0 aliphatic carbocycles. The largest absolute Gasteiger partial charge is 0.497 e. The van der Waals surface area contributed by atoms with Gasteiger partial charge in [-0.05, 0) is 36.4 Å². The lowest BCUT2D eigenvalue weighted by Gasteiger charge is -2.14. The summed E-state index contributed by atoms with van der Waals surface area (Å²) < 4.78 is 6.04. The molecule has 1 amide bonds. The van der Waals surface area contributed by atoms with Crippen molar-refractivity contribution in [2.75, 3.05) is 17.7 Å². The minimum atomic E-state index is -0.394. The molecule has 1 unspecified atom stereocenters. The summed E-state index contributed by atoms with van der Waals surface area (Å²) in [7, 11) is 1.63. The first-order chi connectivity index (χ1) is 9.69. The number of fused-ring (bicyclic) bond motifs is 1. The number of anilines is 2. The Kier molecular flexibility index (Phi) is 3.36. The lowest BCUT2D eigenvalue weighted by molar-refractivity contribution is -0.116. The Hall–Kier alpha value is -2.01. The number of carbonyl (C=O) groups is 1. The van der Waals surface area contributed by atoms with Crippen LogP contribution in [0, 0.1) is 0 Å². The molecule has 1 aliphatic heterocycles. The maximum atomic E-state index is 12.1. The van der Waals surface area contributed by atoms with Crippen LogP contribution >= 0.6 is 15.9 Å². The minimum Gasteiger partial charge on any atom is -0.497 e. The van der Waals surface area contributed by atoms with E-state index in [1.54, 1.807) is 7.11 Å². The second-order valence-corrected chi connectivity index (χ2v) is 5.35. The van der Waals surface area contributed by atoms with Crippen LogP contribution in [-0.2, 0) is 4.79 Å². The number of hydrogen-bond acceptors (Lipinski definition) is 3. The van der Waals surface area contributed by atoms with Gasteiger partial charge in [-0.15, -0.1) is 0 Å². The molecule has 2 aromatic rings. The van der Waals surface area contributed by atoms with Crippen LogP contribution in [0.15, 0.2) is 46.9 Å². The fourth-order valence-electron chi connectivity index (χ4n) is 2.27. The highest BCUT2D eigenvalue weighted by molar-refractivity contribution is 9.10. The Morgan fingerprint density at radius 1 is 1.20 bits per heavy atom. The topological polar surface area (TPSA) is 50.4 Å². The van der Waals surface area contributed by atoms with Crippen molar-refractivity contribution < 1.29 is 9.53 Å². The van der Waals surface area contributed by atoms with Crippen molar-refractivity contribution in [2.45, 2.75) is 6.04 Å². The highest BCUT2D eigenvalue weighted by atomic mass is 79.9.